The van der Waals surface area contributed by atoms with Gasteiger partial charge in [-0.25, -0.2) is 4.79 Å². The summed E-state index contributed by atoms with van der Waals surface area (Å²) in [5.74, 6) is 0. The van der Waals surface area contributed by atoms with Gasteiger partial charge in [0.1, 0.15) is 5.60 Å². The normalized spacial score (nSPS) is 11.4. The number of hydrogen-bond donors (Lipinski definition) is 0. The lowest BCUT2D eigenvalue weighted by Gasteiger charge is -2.18. The number of aromatic nitrogens is 2. The number of benzene rings is 1. The highest BCUT2D eigenvalue weighted by molar-refractivity contribution is 9.10. The van der Waals surface area contributed by atoms with E-state index in [0.29, 0.717) is 0 Å². The molecule has 5 heteroatoms. The number of ether oxygens (including phenoxy) is 1. The van der Waals surface area contributed by atoms with Crippen LogP contribution >= 0.6 is 15.9 Å². The van der Waals surface area contributed by atoms with Crippen LogP contribution in [0.25, 0.3) is 11.1 Å². The van der Waals surface area contributed by atoms with Gasteiger partial charge in [0.2, 0.25) is 0 Å². The van der Waals surface area contributed by atoms with E-state index in [-0.39, 0.29) is 0 Å². The summed E-state index contributed by atoms with van der Waals surface area (Å²) in [7, 11) is 0. The fourth-order valence-electron chi connectivity index (χ4n) is 1.57. The zero-order chi connectivity index (χ0) is 14.0. The molecule has 100 valence electrons. The molecule has 0 saturated carbocycles. The van der Waals surface area contributed by atoms with Crippen molar-refractivity contribution in [2.75, 3.05) is 0 Å². The van der Waals surface area contributed by atoms with Crippen LogP contribution in [0.15, 0.2) is 41.1 Å². The van der Waals surface area contributed by atoms with Crippen LogP contribution in [0.5, 0.6) is 0 Å². The van der Waals surface area contributed by atoms with Gasteiger partial charge in [0.05, 0.1) is 6.20 Å². The van der Waals surface area contributed by atoms with Crippen molar-refractivity contribution in [3.05, 3.63) is 41.1 Å². The molecule has 0 bridgehead atoms. The molecule has 2 aromatic rings. The predicted molar refractivity (Wildman–Crippen MR) is 77.0 cm³/mol. The Balaban J connectivity index is 2.25. The van der Waals surface area contributed by atoms with Crippen molar-refractivity contribution >= 4 is 22.0 Å². The summed E-state index contributed by atoms with van der Waals surface area (Å²) in [6.07, 6.45) is 2.82. The Hall–Kier alpha value is -1.62. The van der Waals surface area contributed by atoms with Crippen molar-refractivity contribution in [2.24, 2.45) is 0 Å². The standard InChI is InChI=1S/C14H15BrN2O2/c1-14(2,3)19-13(18)17-9-10(8-16-17)11-6-4-5-7-12(11)15/h4-9H,1-3H3. The monoisotopic (exact) mass is 322 g/mol. The minimum absolute atomic E-state index is 0.481. The van der Waals surface area contributed by atoms with Crippen molar-refractivity contribution in [3.63, 3.8) is 0 Å². The van der Waals surface area contributed by atoms with E-state index in [0.717, 1.165) is 15.6 Å². The first-order valence-electron chi connectivity index (χ1n) is 5.90. The fourth-order valence-corrected chi connectivity index (χ4v) is 2.08. The molecule has 0 fully saturated rings. The zero-order valence-electron chi connectivity index (χ0n) is 11.1. The van der Waals surface area contributed by atoms with Crippen molar-refractivity contribution in [3.8, 4) is 11.1 Å². The number of carbonyl (C=O) groups is 1. The summed E-state index contributed by atoms with van der Waals surface area (Å²) >= 11 is 3.47. The average Bonchev–Trinajstić information content (AvgIpc) is 2.76. The van der Waals surface area contributed by atoms with Gasteiger partial charge in [0.25, 0.3) is 0 Å². The Bertz CT molecular complexity index is 599. The molecule has 19 heavy (non-hydrogen) atoms. The molecule has 0 amide bonds. The largest absolute Gasteiger partial charge is 0.442 e. The molecule has 0 N–H and O–H groups in total. The highest BCUT2D eigenvalue weighted by Crippen LogP contribution is 2.27. The van der Waals surface area contributed by atoms with Gasteiger partial charge in [0, 0.05) is 16.2 Å². The van der Waals surface area contributed by atoms with Crippen LogP contribution in [0, 0.1) is 0 Å². The molecule has 0 saturated heterocycles. The zero-order valence-corrected chi connectivity index (χ0v) is 12.6. The van der Waals surface area contributed by atoms with Crippen LogP contribution in [0.1, 0.15) is 20.8 Å². The molecule has 0 aliphatic carbocycles. The lowest BCUT2D eigenvalue weighted by atomic mass is 10.1. The second-order valence-electron chi connectivity index (χ2n) is 5.13. The van der Waals surface area contributed by atoms with E-state index >= 15 is 0 Å². The van der Waals surface area contributed by atoms with Gasteiger partial charge < -0.3 is 4.74 Å². The maximum atomic E-state index is 11.9. The van der Waals surface area contributed by atoms with E-state index in [1.54, 1.807) is 12.4 Å². The van der Waals surface area contributed by atoms with E-state index < -0.39 is 11.7 Å². The molecule has 1 aromatic carbocycles. The minimum atomic E-state index is -0.531. The van der Waals surface area contributed by atoms with E-state index in [2.05, 4.69) is 21.0 Å². The second kappa shape index (κ2) is 5.17. The Morgan fingerprint density at radius 2 is 2.00 bits per heavy atom. The predicted octanol–water partition coefficient (Wildman–Crippen LogP) is 4.10. The highest BCUT2D eigenvalue weighted by Gasteiger charge is 2.18. The van der Waals surface area contributed by atoms with Gasteiger partial charge in [0.15, 0.2) is 0 Å². The molecule has 0 aliphatic rings. The van der Waals surface area contributed by atoms with E-state index in [1.807, 2.05) is 45.0 Å². The van der Waals surface area contributed by atoms with Gasteiger partial charge in [-0.1, -0.05) is 34.1 Å². The Morgan fingerprint density at radius 1 is 1.32 bits per heavy atom. The van der Waals surface area contributed by atoms with Gasteiger partial charge >= 0.3 is 6.09 Å². The van der Waals surface area contributed by atoms with E-state index in [9.17, 15) is 4.79 Å². The van der Waals surface area contributed by atoms with Crippen LogP contribution in [-0.4, -0.2) is 21.5 Å². The summed E-state index contributed by atoms with van der Waals surface area (Å²) < 4.78 is 7.42. The summed E-state index contributed by atoms with van der Waals surface area (Å²) in [5, 5.41) is 4.04. The van der Waals surface area contributed by atoms with Crippen molar-refractivity contribution in [2.45, 2.75) is 26.4 Å². The topological polar surface area (TPSA) is 44.1 Å². The van der Waals surface area contributed by atoms with Crippen LogP contribution in [0.2, 0.25) is 0 Å². The van der Waals surface area contributed by atoms with E-state index in [1.165, 1.54) is 4.68 Å². The Kier molecular flexibility index (Phi) is 3.75. The molecule has 4 nitrogen and oxygen atoms in total. The molecule has 0 aliphatic heterocycles. The van der Waals surface area contributed by atoms with Crippen LogP contribution in [0.4, 0.5) is 4.79 Å². The molecule has 1 heterocycles. The summed E-state index contributed by atoms with van der Waals surface area (Å²) in [6, 6.07) is 7.78. The maximum absolute atomic E-state index is 11.9. The highest BCUT2D eigenvalue weighted by atomic mass is 79.9. The Morgan fingerprint density at radius 3 is 2.63 bits per heavy atom. The number of halogens is 1. The number of rotatable bonds is 1. The van der Waals surface area contributed by atoms with Gasteiger partial charge in [-0.3, -0.25) is 0 Å². The first-order chi connectivity index (χ1) is 8.87. The Labute approximate surface area is 120 Å². The molecule has 1 aromatic heterocycles. The smallest absolute Gasteiger partial charge is 0.435 e. The van der Waals surface area contributed by atoms with Crippen LogP contribution in [0.3, 0.4) is 0 Å². The molecule has 0 spiro atoms. The van der Waals surface area contributed by atoms with Gasteiger partial charge in [-0.2, -0.15) is 9.78 Å². The van der Waals surface area contributed by atoms with Crippen LogP contribution < -0.4 is 0 Å². The number of hydrogen-bond acceptors (Lipinski definition) is 3. The fraction of sp³-hybridized carbons (Fsp3) is 0.286. The summed E-state index contributed by atoms with van der Waals surface area (Å²) in [6.45, 7) is 5.47. The molecule has 0 radical (unpaired) electrons. The lowest BCUT2D eigenvalue weighted by molar-refractivity contribution is 0.0514. The van der Waals surface area contributed by atoms with Crippen molar-refractivity contribution in [1.82, 2.24) is 9.78 Å². The molecular formula is C14H15BrN2O2. The van der Waals surface area contributed by atoms with Gasteiger partial charge in [-0.05, 0) is 32.4 Å². The second-order valence-corrected chi connectivity index (χ2v) is 5.99. The number of carbonyl (C=O) groups excluding carboxylic acids is 1. The molecule has 2 rings (SSSR count). The third-order valence-corrected chi connectivity index (χ3v) is 3.04. The third-order valence-electron chi connectivity index (χ3n) is 2.35. The van der Waals surface area contributed by atoms with Crippen LogP contribution in [-0.2, 0) is 4.74 Å². The van der Waals surface area contributed by atoms with E-state index in [4.69, 9.17) is 4.74 Å². The summed E-state index contributed by atoms with van der Waals surface area (Å²) in [4.78, 5) is 11.9. The first-order valence-corrected chi connectivity index (χ1v) is 6.69. The minimum Gasteiger partial charge on any atom is -0.442 e. The SMILES string of the molecule is CC(C)(C)OC(=O)n1cc(-c2ccccc2Br)cn1. The lowest BCUT2D eigenvalue weighted by Crippen LogP contribution is -2.27. The molecular weight excluding hydrogens is 308 g/mol. The quantitative estimate of drug-likeness (QED) is 0.794. The average molecular weight is 323 g/mol. The third kappa shape index (κ3) is 3.44. The summed E-state index contributed by atoms with van der Waals surface area (Å²) in [5.41, 5.74) is 1.31. The maximum Gasteiger partial charge on any atom is 0.435 e. The van der Waals surface area contributed by atoms with Crippen molar-refractivity contribution < 1.29 is 9.53 Å². The van der Waals surface area contributed by atoms with Gasteiger partial charge in [-0.15, -0.1) is 0 Å². The molecule has 0 atom stereocenters. The first kappa shape index (κ1) is 13.8. The molecule has 0 unspecified atom stereocenters. The number of nitrogens with zero attached hydrogens (tertiary/aromatic N) is 2. The van der Waals surface area contributed by atoms with Crippen molar-refractivity contribution in [1.29, 1.82) is 0 Å².